The first-order chi connectivity index (χ1) is 12.0. The lowest BCUT2D eigenvalue weighted by atomic mass is 9.96. The number of rotatable bonds is 4. The van der Waals surface area contributed by atoms with Crippen molar-refractivity contribution >= 4 is 34.8 Å². The molecule has 9 heteroatoms. The molecule has 0 saturated carbocycles. The van der Waals surface area contributed by atoms with Crippen LogP contribution >= 0.6 is 11.6 Å². The maximum Gasteiger partial charge on any atom is 0.287 e. The molecule has 3 heterocycles. The van der Waals surface area contributed by atoms with E-state index >= 15 is 0 Å². The fourth-order valence-corrected chi connectivity index (χ4v) is 2.83. The van der Waals surface area contributed by atoms with Gasteiger partial charge in [-0.15, -0.1) is 0 Å². The molecular formula is C16H16ClN5O3. The summed E-state index contributed by atoms with van der Waals surface area (Å²) in [7, 11) is 0. The van der Waals surface area contributed by atoms with Gasteiger partial charge in [-0.05, 0) is 31.0 Å². The molecule has 1 fully saturated rings. The molecule has 0 aliphatic carbocycles. The lowest BCUT2D eigenvalue weighted by Crippen LogP contribution is -2.38. The summed E-state index contributed by atoms with van der Waals surface area (Å²) in [4.78, 5) is 32.7. The van der Waals surface area contributed by atoms with E-state index in [1.807, 2.05) is 4.90 Å². The van der Waals surface area contributed by atoms with E-state index in [0.717, 1.165) is 0 Å². The quantitative estimate of drug-likeness (QED) is 0.663. The van der Waals surface area contributed by atoms with Crippen molar-refractivity contribution < 1.29 is 9.72 Å². The van der Waals surface area contributed by atoms with E-state index in [-0.39, 0.29) is 17.5 Å². The zero-order chi connectivity index (χ0) is 17.8. The summed E-state index contributed by atoms with van der Waals surface area (Å²) >= 11 is 5.77. The van der Waals surface area contributed by atoms with E-state index in [1.165, 1.54) is 18.5 Å². The Morgan fingerprint density at radius 1 is 1.20 bits per heavy atom. The van der Waals surface area contributed by atoms with Crippen LogP contribution in [0.1, 0.15) is 12.8 Å². The number of pyridine rings is 2. The molecule has 0 atom stereocenters. The van der Waals surface area contributed by atoms with Crippen molar-refractivity contribution in [1.29, 1.82) is 0 Å². The number of nitro groups is 1. The van der Waals surface area contributed by atoms with E-state index in [1.54, 1.807) is 18.2 Å². The van der Waals surface area contributed by atoms with Crippen molar-refractivity contribution in [3.63, 3.8) is 0 Å². The minimum absolute atomic E-state index is 0.0338. The summed E-state index contributed by atoms with van der Waals surface area (Å²) in [5, 5.41) is 14.0. The van der Waals surface area contributed by atoms with Crippen LogP contribution in [0, 0.1) is 16.0 Å². The number of piperidine rings is 1. The van der Waals surface area contributed by atoms with Crippen molar-refractivity contribution in [1.82, 2.24) is 9.97 Å². The van der Waals surface area contributed by atoms with Crippen LogP contribution in [0.25, 0.3) is 0 Å². The van der Waals surface area contributed by atoms with E-state index in [4.69, 9.17) is 11.6 Å². The molecule has 8 nitrogen and oxygen atoms in total. The molecule has 2 aromatic rings. The minimum Gasteiger partial charge on any atom is -0.357 e. The van der Waals surface area contributed by atoms with Crippen molar-refractivity contribution in [2.75, 3.05) is 23.3 Å². The number of hydrogen-bond acceptors (Lipinski definition) is 6. The highest BCUT2D eigenvalue weighted by Crippen LogP contribution is 2.24. The first kappa shape index (κ1) is 17.1. The van der Waals surface area contributed by atoms with Crippen LogP contribution in [0.15, 0.2) is 36.7 Å². The van der Waals surface area contributed by atoms with Gasteiger partial charge >= 0.3 is 0 Å². The lowest BCUT2D eigenvalue weighted by Gasteiger charge is -2.32. The molecule has 130 valence electrons. The van der Waals surface area contributed by atoms with Gasteiger partial charge in [0.25, 0.3) is 5.69 Å². The number of hydrogen-bond donors (Lipinski definition) is 1. The maximum absolute atomic E-state index is 12.3. The van der Waals surface area contributed by atoms with Gasteiger partial charge in [0.05, 0.1) is 9.95 Å². The van der Waals surface area contributed by atoms with Gasteiger partial charge < -0.3 is 10.2 Å². The summed E-state index contributed by atoms with van der Waals surface area (Å²) in [6, 6.07) is 6.41. The molecule has 0 unspecified atom stereocenters. The van der Waals surface area contributed by atoms with E-state index in [9.17, 15) is 14.9 Å². The molecule has 3 rings (SSSR count). The zero-order valence-corrected chi connectivity index (χ0v) is 14.0. The number of anilines is 2. The standard InChI is InChI=1S/C16H16ClN5O3/c17-12-1-3-14(18-9-12)20-16(23)11-5-7-21(8-6-11)15-4-2-13(10-19-15)22(24)25/h1-4,9-11H,5-8H2,(H,18,20,23). The number of halogens is 1. The maximum atomic E-state index is 12.3. The summed E-state index contributed by atoms with van der Waals surface area (Å²) in [6.07, 6.45) is 4.09. The Kier molecular flexibility index (Phi) is 5.08. The average molecular weight is 362 g/mol. The largest absolute Gasteiger partial charge is 0.357 e. The molecule has 0 aromatic carbocycles. The van der Waals surface area contributed by atoms with Crippen LogP contribution in [0.5, 0.6) is 0 Å². The molecule has 1 aliphatic heterocycles. The lowest BCUT2D eigenvalue weighted by molar-refractivity contribution is -0.385. The predicted octanol–water partition coefficient (Wildman–Crippen LogP) is 2.89. The van der Waals surface area contributed by atoms with Crippen LogP contribution in [0.2, 0.25) is 5.02 Å². The summed E-state index contributed by atoms with van der Waals surface area (Å²) < 4.78 is 0. The van der Waals surface area contributed by atoms with Crippen LogP contribution in [0.3, 0.4) is 0 Å². The van der Waals surface area contributed by atoms with Crippen molar-refractivity contribution in [2.45, 2.75) is 12.8 Å². The monoisotopic (exact) mass is 361 g/mol. The third-order valence-corrected chi connectivity index (χ3v) is 4.34. The first-order valence-electron chi connectivity index (χ1n) is 7.81. The van der Waals surface area contributed by atoms with Gasteiger partial charge in [0.15, 0.2) is 0 Å². The highest BCUT2D eigenvalue weighted by Gasteiger charge is 2.26. The number of nitrogens with one attached hydrogen (secondary N) is 1. The third-order valence-electron chi connectivity index (χ3n) is 4.11. The predicted molar refractivity (Wildman–Crippen MR) is 93.7 cm³/mol. The van der Waals surface area contributed by atoms with E-state index < -0.39 is 4.92 Å². The van der Waals surface area contributed by atoms with Crippen LogP contribution in [-0.4, -0.2) is 33.9 Å². The minimum atomic E-state index is -0.474. The first-order valence-corrected chi connectivity index (χ1v) is 8.18. The summed E-state index contributed by atoms with van der Waals surface area (Å²) in [5.74, 6) is 0.996. The second-order valence-corrected chi connectivity index (χ2v) is 6.18. The number of carbonyl (C=O) groups is 1. The number of nitrogens with zero attached hydrogens (tertiary/aromatic N) is 4. The smallest absolute Gasteiger partial charge is 0.287 e. The SMILES string of the molecule is O=C(Nc1ccc(Cl)cn1)C1CCN(c2ccc([N+](=O)[O-])cn2)CC1. The van der Waals surface area contributed by atoms with E-state index in [2.05, 4.69) is 15.3 Å². The number of aromatic nitrogens is 2. The fraction of sp³-hybridized carbons (Fsp3) is 0.312. The van der Waals surface area contributed by atoms with Crippen LogP contribution in [0.4, 0.5) is 17.3 Å². The molecule has 1 aliphatic rings. The van der Waals surface area contributed by atoms with Crippen LogP contribution < -0.4 is 10.2 Å². The average Bonchev–Trinajstić information content (AvgIpc) is 2.64. The Hall–Kier alpha value is -2.74. The molecule has 0 bridgehead atoms. The normalized spacial score (nSPS) is 15.0. The molecule has 1 amide bonds. The molecule has 0 spiro atoms. The Morgan fingerprint density at radius 2 is 1.96 bits per heavy atom. The van der Waals surface area contributed by atoms with Gasteiger partial charge in [-0.25, -0.2) is 9.97 Å². The van der Waals surface area contributed by atoms with Gasteiger partial charge in [-0.3, -0.25) is 14.9 Å². The Morgan fingerprint density at radius 3 is 2.52 bits per heavy atom. The molecule has 0 radical (unpaired) electrons. The Bertz CT molecular complexity index is 758. The molecule has 25 heavy (non-hydrogen) atoms. The van der Waals surface area contributed by atoms with E-state index in [0.29, 0.717) is 42.6 Å². The highest BCUT2D eigenvalue weighted by atomic mass is 35.5. The second kappa shape index (κ2) is 7.43. The van der Waals surface area contributed by atoms with Crippen molar-refractivity contribution in [3.8, 4) is 0 Å². The molecule has 2 aromatic heterocycles. The Labute approximate surface area is 149 Å². The van der Waals surface area contributed by atoms with Gasteiger partial charge in [0, 0.05) is 31.3 Å². The molecule has 1 saturated heterocycles. The fourth-order valence-electron chi connectivity index (χ4n) is 2.72. The van der Waals surface area contributed by atoms with Gasteiger partial charge in [-0.2, -0.15) is 0 Å². The molecular weight excluding hydrogens is 346 g/mol. The van der Waals surface area contributed by atoms with Gasteiger partial charge in [0.2, 0.25) is 5.91 Å². The van der Waals surface area contributed by atoms with Crippen LogP contribution in [-0.2, 0) is 4.79 Å². The highest BCUT2D eigenvalue weighted by molar-refractivity contribution is 6.30. The van der Waals surface area contributed by atoms with Gasteiger partial charge in [-0.1, -0.05) is 11.6 Å². The second-order valence-electron chi connectivity index (χ2n) is 5.74. The summed E-state index contributed by atoms with van der Waals surface area (Å²) in [5.41, 5.74) is -0.0338. The number of amides is 1. The van der Waals surface area contributed by atoms with Crippen molar-refractivity contribution in [3.05, 3.63) is 51.8 Å². The van der Waals surface area contributed by atoms with Crippen molar-refractivity contribution in [2.24, 2.45) is 5.92 Å². The molecule has 1 N–H and O–H groups in total. The number of carbonyl (C=O) groups excluding carboxylic acids is 1. The zero-order valence-electron chi connectivity index (χ0n) is 13.3. The Balaban J connectivity index is 1.55. The topological polar surface area (TPSA) is 101 Å². The van der Waals surface area contributed by atoms with Gasteiger partial charge in [0.1, 0.15) is 17.8 Å². The third kappa shape index (κ3) is 4.21. The summed E-state index contributed by atoms with van der Waals surface area (Å²) in [6.45, 7) is 1.33.